The van der Waals surface area contributed by atoms with Crippen molar-refractivity contribution in [3.63, 3.8) is 0 Å². The van der Waals surface area contributed by atoms with E-state index in [4.69, 9.17) is 5.11 Å². The molecule has 0 saturated heterocycles. The summed E-state index contributed by atoms with van der Waals surface area (Å²) in [6.45, 7) is 3.80. The summed E-state index contributed by atoms with van der Waals surface area (Å²) in [5, 5.41) is 12.9. The molecule has 2 aromatic rings. The molecule has 0 bridgehead atoms. The van der Waals surface area contributed by atoms with Gasteiger partial charge in [0.1, 0.15) is 6.54 Å². The molecule has 116 valence electrons. The van der Waals surface area contributed by atoms with Crippen molar-refractivity contribution < 1.29 is 14.7 Å². The zero-order valence-electron chi connectivity index (χ0n) is 12.6. The van der Waals surface area contributed by atoms with E-state index in [-0.39, 0.29) is 12.5 Å². The number of hydrogen-bond donors (Lipinski definition) is 1. The Morgan fingerprint density at radius 1 is 1.32 bits per heavy atom. The highest BCUT2D eigenvalue weighted by Crippen LogP contribution is 2.22. The molecule has 2 aromatic heterocycles. The van der Waals surface area contributed by atoms with Crippen LogP contribution in [0.4, 0.5) is 0 Å². The predicted molar refractivity (Wildman–Crippen MR) is 86.1 cm³/mol. The van der Waals surface area contributed by atoms with Crippen molar-refractivity contribution >= 4 is 23.2 Å². The highest BCUT2D eigenvalue weighted by Gasteiger charge is 2.20. The first-order valence-corrected chi connectivity index (χ1v) is 7.98. The minimum absolute atomic E-state index is 0.286. The number of carbonyl (C=O) groups is 2. The van der Waals surface area contributed by atoms with E-state index >= 15 is 0 Å². The van der Waals surface area contributed by atoms with Gasteiger partial charge in [-0.3, -0.25) is 14.6 Å². The molecule has 0 radical (unpaired) electrons. The van der Waals surface area contributed by atoms with Crippen LogP contribution in [0.5, 0.6) is 0 Å². The zero-order chi connectivity index (χ0) is 16.1. The molecule has 0 atom stereocenters. The maximum atomic E-state index is 12.5. The van der Waals surface area contributed by atoms with Crippen molar-refractivity contribution in [2.24, 2.45) is 0 Å². The Balaban J connectivity index is 2.27. The molecule has 6 heteroatoms. The van der Waals surface area contributed by atoms with Crippen LogP contribution >= 0.6 is 11.3 Å². The van der Waals surface area contributed by atoms with E-state index in [1.165, 1.54) is 4.90 Å². The molecule has 0 aliphatic carbocycles. The minimum atomic E-state index is -1.01. The molecular weight excluding hydrogens is 300 g/mol. The second-order valence-electron chi connectivity index (χ2n) is 4.96. The Bertz CT molecular complexity index is 668. The maximum Gasteiger partial charge on any atom is 0.323 e. The van der Waals surface area contributed by atoms with Crippen LogP contribution < -0.4 is 0 Å². The molecule has 5 nitrogen and oxygen atoms in total. The summed E-state index contributed by atoms with van der Waals surface area (Å²) < 4.78 is 0. The fraction of sp³-hybridized carbons (Fsp3) is 0.312. The average Bonchev–Trinajstić information content (AvgIpc) is 3.00. The van der Waals surface area contributed by atoms with Gasteiger partial charge in [-0.05, 0) is 36.9 Å². The molecule has 22 heavy (non-hydrogen) atoms. The fourth-order valence-corrected chi connectivity index (χ4v) is 2.86. The van der Waals surface area contributed by atoms with Crippen LogP contribution in [0.1, 0.15) is 29.4 Å². The van der Waals surface area contributed by atoms with E-state index in [1.54, 1.807) is 30.4 Å². The Kier molecular flexibility index (Phi) is 5.27. The topological polar surface area (TPSA) is 70.5 Å². The van der Waals surface area contributed by atoms with Gasteiger partial charge in [-0.15, -0.1) is 0 Å². The summed E-state index contributed by atoms with van der Waals surface area (Å²) in [7, 11) is 0. The lowest BCUT2D eigenvalue weighted by Crippen LogP contribution is -2.36. The molecule has 0 aliphatic rings. The van der Waals surface area contributed by atoms with Gasteiger partial charge >= 0.3 is 5.97 Å². The number of rotatable bonds is 6. The molecule has 1 amide bonds. The number of carboxylic acid groups (broad SMARTS) is 1. The quantitative estimate of drug-likeness (QED) is 0.888. The van der Waals surface area contributed by atoms with Gasteiger partial charge in [0.25, 0.3) is 5.91 Å². The van der Waals surface area contributed by atoms with Gasteiger partial charge in [-0.1, -0.05) is 6.92 Å². The highest BCUT2D eigenvalue weighted by atomic mass is 32.1. The number of carboxylic acids is 1. The van der Waals surface area contributed by atoms with Gasteiger partial charge in [-0.2, -0.15) is 11.3 Å². The van der Waals surface area contributed by atoms with Crippen LogP contribution in [0.15, 0.2) is 29.0 Å². The molecule has 0 fully saturated rings. The van der Waals surface area contributed by atoms with Gasteiger partial charge in [0, 0.05) is 17.5 Å². The number of carbonyl (C=O) groups excluding carboxylic acids is 1. The van der Waals surface area contributed by atoms with Crippen LogP contribution in [-0.4, -0.2) is 40.0 Å². The van der Waals surface area contributed by atoms with Gasteiger partial charge < -0.3 is 10.0 Å². The van der Waals surface area contributed by atoms with E-state index in [9.17, 15) is 9.59 Å². The monoisotopic (exact) mass is 318 g/mol. The molecule has 0 aromatic carbocycles. The standard InChI is InChI=1S/C16H18N2O3S/c1-3-7-18(9-15(19)20)16(21)13-4-5-14(17-11(13)2)12-6-8-22-10-12/h4-6,8,10H,3,7,9H2,1-2H3,(H,19,20). The lowest BCUT2D eigenvalue weighted by Gasteiger charge is -2.20. The van der Waals surface area contributed by atoms with Crippen molar-refractivity contribution in [1.29, 1.82) is 0 Å². The number of aliphatic carboxylic acids is 1. The number of pyridine rings is 1. The third-order valence-electron chi connectivity index (χ3n) is 3.24. The van der Waals surface area contributed by atoms with Crippen LogP contribution in [0.2, 0.25) is 0 Å². The molecule has 2 rings (SSSR count). The Morgan fingerprint density at radius 2 is 2.09 bits per heavy atom. The van der Waals surface area contributed by atoms with E-state index in [2.05, 4.69) is 4.98 Å². The van der Waals surface area contributed by atoms with E-state index in [0.29, 0.717) is 24.2 Å². The van der Waals surface area contributed by atoms with Gasteiger partial charge in [0.2, 0.25) is 0 Å². The molecule has 0 spiro atoms. The van der Waals surface area contributed by atoms with Crippen molar-refractivity contribution in [3.8, 4) is 11.3 Å². The van der Waals surface area contributed by atoms with Gasteiger partial charge in [0.15, 0.2) is 0 Å². The third-order valence-corrected chi connectivity index (χ3v) is 3.92. The Hall–Kier alpha value is -2.21. The van der Waals surface area contributed by atoms with Gasteiger partial charge in [0.05, 0.1) is 17.0 Å². The Labute approximate surface area is 133 Å². The van der Waals surface area contributed by atoms with Crippen molar-refractivity contribution in [3.05, 3.63) is 40.2 Å². The van der Waals surface area contributed by atoms with Gasteiger partial charge in [-0.25, -0.2) is 0 Å². The van der Waals surface area contributed by atoms with Crippen LogP contribution in [0, 0.1) is 6.92 Å². The Morgan fingerprint density at radius 3 is 2.64 bits per heavy atom. The zero-order valence-corrected chi connectivity index (χ0v) is 13.4. The second-order valence-corrected chi connectivity index (χ2v) is 5.74. The smallest absolute Gasteiger partial charge is 0.323 e. The predicted octanol–water partition coefficient (Wildman–Crippen LogP) is 3.06. The third kappa shape index (κ3) is 3.71. The number of thiophene rings is 1. The molecule has 1 N–H and O–H groups in total. The number of hydrogen-bond acceptors (Lipinski definition) is 4. The summed E-state index contributed by atoms with van der Waals surface area (Å²) in [5.41, 5.74) is 2.90. The van der Waals surface area contributed by atoms with Crippen molar-refractivity contribution in [2.75, 3.05) is 13.1 Å². The summed E-state index contributed by atoms with van der Waals surface area (Å²) >= 11 is 1.59. The molecule has 2 heterocycles. The number of nitrogens with zero attached hydrogens (tertiary/aromatic N) is 2. The summed E-state index contributed by atoms with van der Waals surface area (Å²) in [4.78, 5) is 29.2. The number of aryl methyl sites for hydroxylation is 1. The average molecular weight is 318 g/mol. The van der Waals surface area contributed by atoms with E-state index in [0.717, 1.165) is 11.3 Å². The largest absolute Gasteiger partial charge is 0.480 e. The minimum Gasteiger partial charge on any atom is -0.480 e. The fourth-order valence-electron chi connectivity index (χ4n) is 2.21. The molecular formula is C16H18N2O3S. The van der Waals surface area contributed by atoms with E-state index in [1.807, 2.05) is 23.8 Å². The first-order chi connectivity index (χ1) is 10.5. The second kappa shape index (κ2) is 7.17. The number of aromatic nitrogens is 1. The molecule has 0 aliphatic heterocycles. The van der Waals surface area contributed by atoms with Crippen molar-refractivity contribution in [2.45, 2.75) is 20.3 Å². The summed E-state index contributed by atoms with van der Waals surface area (Å²) in [6, 6.07) is 5.50. The van der Waals surface area contributed by atoms with Crippen LogP contribution in [0.25, 0.3) is 11.3 Å². The lowest BCUT2D eigenvalue weighted by atomic mass is 10.1. The lowest BCUT2D eigenvalue weighted by molar-refractivity contribution is -0.137. The SMILES string of the molecule is CCCN(CC(=O)O)C(=O)c1ccc(-c2ccsc2)nc1C. The first-order valence-electron chi connectivity index (χ1n) is 7.04. The first kappa shape index (κ1) is 16.2. The van der Waals surface area contributed by atoms with Crippen LogP contribution in [0.3, 0.4) is 0 Å². The van der Waals surface area contributed by atoms with Crippen LogP contribution in [-0.2, 0) is 4.79 Å². The number of amides is 1. The maximum absolute atomic E-state index is 12.5. The summed E-state index contributed by atoms with van der Waals surface area (Å²) in [6.07, 6.45) is 0.707. The van der Waals surface area contributed by atoms with Crippen molar-refractivity contribution in [1.82, 2.24) is 9.88 Å². The highest BCUT2D eigenvalue weighted by molar-refractivity contribution is 7.08. The summed E-state index contributed by atoms with van der Waals surface area (Å²) in [5.74, 6) is -1.30. The molecule has 0 unspecified atom stereocenters. The normalized spacial score (nSPS) is 10.5. The van der Waals surface area contributed by atoms with E-state index < -0.39 is 5.97 Å². The molecule has 0 saturated carbocycles.